The number of pyridine rings is 1. The van der Waals surface area contributed by atoms with E-state index in [1.54, 1.807) is 0 Å². The predicted octanol–water partition coefficient (Wildman–Crippen LogP) is -0.708. The number of piperidine rings is 1. The van der Waals surface area contributed by atoms with Crippen molar-refractivity contribution in [3.05, 3.63) is 38.3 Å². The number of nitrogens with one attached hydrogen (secondary N) is 3. The van der Waals surface area contributed by atoms with Crippen molar-refractivity contribution < 1.29 is 14.5 Å². The van der Waals surface area contributed by atoms with Gasteiger partial charge in [0.2, 0.25) is 5.91 Å². The van der Waals surface area contributed by atoms with Gasteiger partial charge in [0.1, 0.15) is 5.56 Å². The first-order valence-corrected chi connectivity index (χ1v) is 5.92. The van der Waals surface area contributed by atoms with Crippen LogP contribution in [0.2, 0.25) is 0 Å². The Bertz CT molecular complexity index is 613. The van der Waals surface area contributed by atoms with Gasteiger partial charge in [-0.1, -0.05) is 0 Å². The molecule has 1 aromatic heterocycles. The molecule has 0 spiro atoms. The molecule has 20 heavy (non-hydrogen) atoms. The molecule has 1 saturated heterocycles. The largest absolute Gasteiger partial charge is 0.354 e. The molecule has 0 aromatic carbocycles. The number of nitrogens with zero attached hydrogens (tertiary/aromatic N) is 1. The summed E-state index contributed by atoms with van der Waals surface area (Å²) in [6, 6.07) is 0.633. The van der Waals surface area contributed by atoms with E-state index in [2.05, 4.69) is 15.6 Å². The zero-order chi connectivity index (χ0) is 14.7. The smallest absolute Gasteiger partial charge is 0.286 e. The molecule has 2 rings (SSSR count). The molecule has 0 aliphatic carbocycles. The summed E-state index contributed by atoms with van der Waals surface area (Å²) in [5, 5.41) is 15.8. The number of carbonyl (C=O) groups is 2. The molecule has 1 unspecified atom stereocenters. The van der Waals surface area contributed by atoms with E-state index in [4.69, 9.17) is 0 Å². The molecule has 2 amide bonds. The van der Waals surface area contributed by atoms with Crippen LogP contribution in [0.5, 0.6) is 0 Å². The zero-order valence-corrected chi connectivity index (χ0v) is 10.3. The van der Waals surface area contributed by atoms with Gasteiger partial charge in [0.05, 0.1) is 11.1 Å². The van der Waals surface area contributed by atoms with Crippen molar-refractivity contribution in [2.45, 2.75) is 18.9 Å². The average Bonchev–Trinajstić information content (AvgIpc) is 2.41. The monoisotopic (exact) mass is 280 g/mol. The highest BCUT2D eigenvalue weighted by Gasteiger charge is 2.22. The third-order valence-corrected chi connectivity index (χ3v) is 2.94. The van der Waals surface area contributed by atoms with Gasteiger partial charge in [-0.3, -0.25) is 24.5 Å². The van der Waals surface area contributed by atoms with E-state index in [0.717, 1.165) is 12.3 Å². The van der Waals surface area contributed by atoms with Gasteiger partial charge in [0.15, 0.2) is 0 Å². The van der Waals surface area contributed by atoms with Crippen molar-refractivity contribution >= 4 is 17.5 Å². The van der Waals surface area contributed by atoms with E-state index in [1.165, 1.54) is 0 Å². The molecule has 106 valence electrons. The number of aromatic amines is 1. The molecule has 1 aliphatic rings. The van der Waals surface area contributed by atoms with Crippen LogP contribution in [0.1, 0.15) is 23.2 Å². The van der Waals surface area contributed by atoms with E-state index in [0.29, 0.717) is 6.42 Å². The quantitative estimate of drug-likeness (QED) is 0.496. The average molecular weight is 280 g/mol. The van der Waals surface area contributed by atoms with E-state index in [9.17, 15) is 24.5 Å². The summed E-state index contributed by atoms with van der Waals surface area (Å²) in [5.74, 6) is -0.792. The number of rotatable bonds is 3. The molecule has 1 aromatic rings. The second-order valence-corrected chi connectivity index (χ2v) is 4.37. The first-order chi connectivity index (χ1) is 9.47. The number of hydrogen-bond donors (Lipinski definition) is 3. The van der Waals surface area contributed by atoms with Gasteiger partial charge < -0.3 is 15.6 Å². The maximum absolute atomic E-state index is 11.9. The van der Waals surface area contributed by atoms with Crippen molar-refractivity contribution in [3.63, 3.8) is 0 Å². The molecule has 0 bridgehead atoms. The van der Waals surface area contributed by atoms with Gasteiger partial charge in [-0.05, 0) is 6.42 Å². The molecule has 0 radical (unpaired) electrons. The van der Waals surface area contributed by atoms with Crippen LogP contribution in [0, 0.1) is 10.1 Å². The molecule has 0 saturated carbocycles. The lowest BCUT2D eigenvalue weighted by Crippen LogP contribution is -2.48. The zero-order valence-electron chi connectivity index (χ0n) is 10.3. The molecular formula is C11H12N4O5. The van der Waals surface area contributed by atoms with Crippen molar-refractivity contribution in [3.8, 4) is 0 Å². The lowest BCUT2D eigenvalue weighted by Gasteiger charge is -2.23. The Labute approximate surface area is 112 Å². The fourth-order valence-corrected chi connectivity index (χ4v) is 1.87. The maximum Gasteiger partial charge on any atom is 0.286 e. The number of H-pyrrole nitrogens is 1. The van der Waals surface area contributed by atoms with Crippen LogP contribution in [0.15, 0.2) is 17.1 Å². The van der Waals surface area contributed by atoms with Crippen LogP contribution in [-0.4, -0.2) is 34.3 Å². The fraction of sp³-hybridized carbons (Fsp3) is 0.364. The molecule has 9 nitrogen and oxygen atoms in total. The summed E-state index contributed by atoms with van der Waals surface area (Å²) in [5.41, 5.74) is -1.39. The van der Waals surface area contributed by atoms with Crippen molar-refractivity contribution in [1.82, 2.24) is 15.6 Å². The van der Waals surface area contributed by atoms with Crippen molar-refractivity contribution in [2.24, 2.45) is 0 Å². The second-order valence-electron chi connectivity index (χ2n) is 4.37. The molecule has 2 heterocycles. The normalized spacial score (nSPS) is 18.2. The van der Waals surface area contributed by atoms with E-state index >= 15 is 0 Å². The number of carbonyl (C=O) groups excluding carboxylic acids is 2. The third kappa shape index (κ3) is 2.99. The summed E-state index contributed by atoms with van der Waals surface area (Å²) in [6.07, 6.45) is 1.68. The summed E-state index contributed by atoms with van der Waals surface area (Å²) in [6.45, 7) is 0.275. The first kappa shape index (κ1) is 13.7. The highest BCUT2D eigenvalue weighted by atomic mass is 16.6. The lowest BCUT2D eigenvalue weighted by atomic mass is 10.1. The van der Waals surface area contributed by atoms with Gasteiger partial charge in [-0.2, -0.15) is 0 Å². The van der Waals surface area contributed by atoms with Crippen LogP contribution < -0.4 is 16.2 Å². The maximum atomic E-state index is 11.9. The number of hydrogen-bond acceptors (Lipinski definition) is 5. The first-order valence-electron chi connectivity index (χ1n) is 5.92. The Hall–Kier alpha value is -2.71. The molecule has 9 heteroatoms. The minimum absolute atomic E-state index is 0.0938. The fourth-order valence-electron chi connectivity index (χ4n) is 1.87. The Balaban J connectivity index is 2.12. The minimum atomic E-state index is -0.701. The van der Waals surface area contributed by atoms with E-state index in [1.807, 2.05) is 0 Å². The molecule has 1 aliphatic heterocycles. The highest BCUT2D eigenvalue weighted by molar-refractivity contribution is 5.94. The number of amides is 2. The SMILES string of the molecule is O=C1CCC(NC(=O)c2cc([N+](=O)[O-])c[nH]c2=O)CN1. The van der Waals surface area contributed by atoms with E-state index in [-0.39, 0.29) is 36.2 Å². The van der Waals surface area contributed by atoms with Crippen LogP contribution in [0.25, 0.3) is 0 Å². The van der Waals surface area contributed by atoms with Crippen LogP contribution in [0.3, 0.4) is 0 Å². The van der Waals surface area contributed by atoms with Crippen LogP contribution in [0.4, 0.5) is 5.69 Å². The van der Waals surface area contributed by atoms with Gasteiger partial charge in [-0.25, -0.2) is 0 Å². The Morgan fingerprint density at radius 1 is 1.45 bits per heavy atom. The van der Waals surface area contributed by atoms with Crippen molar-refractivity contribution in [1.29, 1.82) is 0 Å². The van der Waals surface area contributed by atoms with Gasteiger partial charge in [0.25, 0.3) is 17.2 Å². The topological polar surface area (TPSA) is 134 Å². The van der Waals surface area contributed by atoms with E-state index < -0.39 is 16.4 Å². The molecule has 1 atom stereocenters. The summed E-state index contributed by atoms with van der Waals surface area (Å²) >= 11 is 0. The predicted molar refractivity (Wildman–Crippen MR) is 67.2 cm³/mol. The lowest BCUT2D eigenvalue weighted by molar-refractivity contribution is -0.385. The second kappa shape index (κ2) is 5.51. The minimum Gasteiger partial charge on any atom is -0.354 e. The Morgan fingerprint density at radius 2 is 2.20 bits per heavy atom. The Kier molecular flexibility index (Phi) is 3.78. The molecule has 1 fully saturated rings. The molecular weight excluding hydrogens is 268 g/mol. The van der Waals surface area contributed by atoms with Gasteiger partial charge >= 0.3 is 0 Å². The van der Waals surface area contributed by atoms with Crippen molar-refractivity contribution in [2.75, 3.05) is 6.54 Å². The Morgan fingerprint density at radius 3 is 2.80 bits per heavy atom. The molecule has 3 N–H and O–H groups in total. The standard InChI is InChI=1S/C11H12N4O5/c16-9-2-1-6(4-12-9)14-11(18)8-3-7(15(19)20)5-13-10(8)17/h3,5-6H,1-2,4H2,(H,12,16)(H,13,17)(H,14,18). The summed E-state index contributed by atoms with van der Waals surface area (Å²) < 4.78 is 0. The summed E-state index contributed by atoms with van der Waals surface area (Å²) in [7, 11) is 0. The van der Waals surface area contributed by atoms with Gasteiger partial charge in [-0.15, -0.1) is 0 Å². The third-order valence-electron chi connectivity index (χ3n) is 2.94. The van der Waals surface area contributed by atoms with Crippen LogP contribution >= 0.6 is 0 Å². The highest BCUT2D eigenvalue weighted by Crippen LogP contribution is 2.09. The number of aromatic nitrogens is 1. The summed E-state index contributed by atoms with van der Waals surface area (Å²) in [4.78, 5) is 46.5. The van der Waals surface area contributed by atoms with Gasteiger partial charge in [0, 0.05) is 25.1 Å². The number of nitro groups is 1. The van der Waals surface area contributed by atoms with Crippen LogP contribution in [-0.2, 0) is 4.79 Å².